The number of anilines is 1. The Kier molecular flexibility index (Phi) is 3.47. The maximum atomic E-state index is 12.0. The zero-order valence-corrected chi connectivity index (χ0v) is 10.6. The number of hydrogen-bond donors (Lipinski definition) is 1. The molecule has 1 N–H and O–H groups in total. The number of amides is 1. The third-order valence-corrected chi connectivity index (χ3v) is 3.01. The highest BCUT2D eigenvalue weighted by Crippen LogP contribution is 2.32. The highest BCUT2D eigenvalue weighted by Gasteiger charge is 2.32. The van der Waals surface area contributed by atoms with Gasteiger partial charge in [0.2, 0.25) is 0 Å². The number of carbonyl (C=O) groups is 1. The van der Waals surface area contributed by atoms with E-state index in [0.29, 0.717) is 11.6 Å². The lowest BCUT2D eigenvalue weighted by atomic mass is 10.2. The van der Waals surface area contributed by atoms with E-state index in [2.05, 4.69) is 16.4 Å². The lowest BCUT2D eigenvalue weighted by Crippen LogP contribution is -2.35. The van der Waals surface area contributed by atoms with Crippen LogP contribution in [0, 0.1) is 17.2 Å². The van der Waals surface area contributed by atoms with Crippen molar-refractivity contribution < 1.29 is 4.79 Å². The van der Waals surface area contributed by atoms with Gasteiger partial charge in [-0.05, 0) is 30.9 Å². The Balaban J connectivity index is 2.08. The summed E-state index contributed by atoms with van der Waals surface area (Å²) in [6, 6.07) is 5.30. The summed E-state index contributed by atoms with van der Waals surface area (Å²) >= 11 is 0. The molecule has 0 unspecified atom stereocenters. The third-order valence-electron chi connectivity index (χ3n) is 3.01. The Hall–Kier alpha value is -2.09. The normalized spacial score (nSPS) is 15.6. The molecule has 0 aliphatic heterocycles. The first-order valence-electron chi connectivity index (χ1n) is 5.95. The number of hydrogen-bond acceptors (Lipinski definition) is 4. The minimum absolute atomic E-state index is 0.280. The fourth-order valence-corrected chi connectivity index (χ4v) is 1.72. The van der Waals surface area contributed by atoms with Crippen molar-refractivity contribution >= 4 is 11.6 Å². The molecule has 1 heterocycles. The Bertz CT molecular complexity index is 488. The van der Waals surface area contributed by atoms with E-state index in [-0.39, 0.29) is 11.9 Å². The monoisotopic (exact) mass is 244 g/mol. The van der Waals surface area contributed by atoms with Gasteiger partial charge in [-0.15, -0.1) is 0 Å². The predicted molar refractivity (Wildman–Crippen MR) is 68.2 cm³/mol. The lowest BCUT2D eigenvalue weighted by molar-refractivity contribution is 0.0937. The molecular weight excluding hydrogens is 228 g/mol. The summed E-state index contributed by atoms with van der Waals surface area (Å²) in [5.74, 6) is 0.0353. The molecule has 1 aromatic heterocycles. The largest absolute Gasteiger partial charge is 0.378 e. The van der Waals surface area contributed by atoms with Crippen molar-refractivity contribution in [3.05, 3.63) is 24.0 Å². The van der Waals surface area contributed by atoms with Crippen molar-refractivity contribution in [3.63, 3.8) is 0 Å². The minimum Gasteiger partial charge on any atom is -0.378 e. The fourth-order valence-electron chi connectivity index (χ4n) is 1.72. The van der Waals surface area contributed by atoms with Crippen molar-refractivity contribution in [1.82, 2.24) is 10.3 Å². The maximum absolute atomic E-state index is 12.0. The van der Waals surface area contributed by atoms with Gasteiger partial charge in [-0.3, -0.25) is 9.78 Å². The summed E-state index contributed by atoms with van der Waals surface area (Å²) in [6.45, 7) is 0. The second-order valence-electron chi connectivity index (χ2n) is 4.71. The molecule has 5 nitrogen and oxygen atoms in total. The SMILES string of the molecule is CN(C)c1ccnc(C(=O)N[C@H](C#N)C2CC2)c1. The van der Waals surface area contributed by atoms with E-state index in [4.69, 9.17) is 5.26 Å². The number of nitrogens with zero attached hydrogens (tertiary/aromatic N) is 3. The summed E-state index contributed by atoms with van der Waals surface area (Å²) in [5, 5.41) is 11.7. The zero-order chi connectivity index (χ0) is 13.1. The van der Waals surface area contributed by atoms with Crippen molar-refractivity contribution in [2.45, 2.75) is 18.9 Å². The van der Waals surface area contributed by atoms with Gasteiger partial charge in [-0.2, -0.15) is 5.26 Å². The molecule has 94 valence electrons. The summed E-state index contributed by atoms with van der Waals surface area (Å²) in [4.78, 5) is 17.9. The third kappa shape index (κ3) is 2.77. The summed E-state index contributed by atoms with van der Waals surface area (Å²) in [6.07, 6.45) is 3.64. The van der Waals surface area contributed by atoms with Crippen LogP contribution in [0.2, 0.25) is 0 Å². The van der Waals surface area contributed by atoms with E-state index in [9.17, 15) is 4.79 Å². The second kappa shape index (κ2) is 5.05. The van der Waals surface area contributed by atoms with Crippen LogP contribution in [-0.4, -0.2) is 31.0 Å². The minimum atomic E-state index is -0.387. The Morgan fingerprint density at radius 2 is 2.33 bits per heavy atom. The first-order chi connectivity index (χ1) is 8.61. The first kappa shape index (κ1) is 12.4. The van der Waals surface area contributed by atoms with E-state index < -0.39 is 0 Å². The first-order valence-corrected chi connectivity index (χ1v) is 5.95. The Morgan fingerprint density at radius 3 is 2.89 bits per heavy atom. The molecule has 0 aromatic carbocycles. The number of pyridine rings is 1. The highest BCUT2D eigenvalue weighted by atomic mass is 16.1. The van der Waals surface area contributed by atoms with E-state index in [0.717, 1.165) is 18.5 Å². The van der Waals surface area contributed by atoms with Crippen LogP contribution in [0.25, 0.3) is 0 Å². The summed E-state index contributed by atoms with van der Waals surface area (Å²) in [7, 11) is 3.80. The average Bonchev–Trinajstić information content (AvgIpc) is 3.20. The summed E-state index contributed by atoms with van der Waals surface area (Å²) < 4.78 is 0. The van der Waals surface area contributed by atoms with Crippen LogP contribution in [0.5, 0.6) is 0 Å². The van der Waals surface area contributed by atoms with Gasteiger partial charge in [0.25, 0.3) is 5.91 Å². The molecule has 1 fully saturated rings. The Morgan fingerprint density at radius 1 is 1.61 bits per heavy atom. The number of carbonyl (C=O) groups excluding carboxylic acids is 1. The van der Waals surface area contributed by atoms with E-state index in [1.807, 2.05) is 25.1 Å². The van der Waals surface area contributed by atoms with Crippen LogP contribution in [0.15, 0.2) is 18.3 Å². The number of nitrogens with one attached hydrogen (secondary N) is 1. The van der Waals surface area contributed by atoms with E-state index in [1.165, 1.54) is 0 Å². The molecule has 1 aliphatic rings. The van der Waals surface area contributed by atoms with Crippen LogP contribution < -0.4 is 10.2 Å². The van der Waals surface area contributed by atoms with E-state index >= 15 is 0 Å². The molecule has 1 atom stereocenters. The van der Waals surface area contributed by atoms with E-state index in [1.54, 1.807) is 12.3 Å². The van der Waals surface area contributed by atoms with Crippen LogP contribution >= 0.6 is 0 Å². The van der Waals surface area contributed by atoms with Crippen LogP contribution in [0.1, 0.15) is 23.3 Å². The molecule has 1 amide bonds. The van der Waals surface area contributed by atoms with Crippen molar-refractivity contribution in [1.29, 1.82) is 5.26 Å². The zero-order valence-electron chi connectivity index (χ0n) is 10.6. The van der Waals surface area contributed by atoms with Gasteiger partial charge in [-0.25, -0.2) is 0 Å². The van der Waals surface area contributed by atoms with Crippen LogP contribution in [0.3, 0.4) is 0 Å². The number of nitriles is 1. The molecule has 0 bridgehead atoms. The number of aromatic nitrogens is 1. The molecule has 0 saturated heterocycles. The molecular formula is C13H16N4O. The number of rotatable bonds is 4. The molecule has 18 heavy (non-hydrogen) atoms. The maximum Gasteiger partial charge on any atom is 0.270 e. The van der Waals surface area contributed by atoms with Crippen LogP contribution in [-0.2, 0) is 0 Å². The van der Waals surface area contributed by atoms with Crippen molar-refractivity contribution in [3.8, 4) is 6.07 Å². The predicted octanol–water partition coefficient (Wildman–Crippen LogP) is 1.18. The second-order valence-corrected chi connectivity index (χ2v) is 4.71. The average molecular weight is 244 g/mol. The molecule has 0 spiro atoms. The molecule has 1 saturated carbocycles. The van der Waals surface area contributed by atoms with Gasteiger partial charge in [0.1, 0.15) is 11.7 Å². The Labute approximate surface area is 106 Å². The van der Waals surface area contributed by atoms with Crippen molar-refractivity contribution in [2.24, 2.45) is 5.92 Å². The molecule has 1 aromatic rings. The standard InChI is InChI=1S/C13H16N4O/c1-17(2)10-5-6-15-11(7-10)13(18)16-12(8-14)9-3-4-9/h5-7,9,12H,3-4H2,1-2H3,(H,16,18)/t12-/m1/s1. The smallest absolute Gasteiger partial charge is 0.270 e. The fraction of sp³-hybridized carbons (Fsp3) is 0.462. The van der Waals surface area contributed by atoms with Gasteiger partial charge < -0.3 is 10.2 Å². The van der Waals surface area contributed by atoms with Gasteiger partial charge in [0, 0.05) is 26.0 Å². The lowest BCUT2D eigenvalue weighted by Gasteiger charge is -2.14. The van der Waals surface area contributed by atoms with Gasteiger partial charge in [-0.1, -0.05) is 0 Å². The van der Waals surface area contributed by atoms with Crippen molar-refractivity contribution in [2.75, 3.05) is 19.0 Å². The molecule has 1 aliphatic carbocycles. The quantitative estimate of drug-likeness (QED) is 0.863. The van der Waals surface area contributed by atoms with Gasteiger partial charge in [0.15, 0.2) is 0 Å². The molecule has 2 rings (SSSR count). The van der Waals surface area contributed by atoms with Gasteiger partial charge in [0.05, 0.1) is 6.07 Å². The molecule has 0 radical (unpaired) electrons. The van der Waals surface area contributed by atoms with Gasteiger partial charge >= 0.3 is 0 Å². The molecule has 5 heteroatoms. The topological polar surface area (TPSA) is 69.0 Å². The highest BCUT2D eigenvalue weighted by molar-refractivity contribution is 5.93. The van der Waals surface area contributed by atoms with Crippen LogP contribution in [0.4, 0.5) is 5.69 Å². The summed E-state index contributed by atoms with van der Waals surface area (Å²) in [5.41, 5.74) is 1.26.